The smallest absolute Gasteiger partial charge is 0.322 e. The van der Waals surface area contributed by atoms with Crippen molar-refractivity contribution in [3.8, 4) is 0 Å². The van der Waals surface area contributed by atoms with Crippen molar-refractivity contribution in [2.75, 3.05) is 13.7 Å². The zero-order chi connectivity index (χ0) is 14.1. The highest BCUT2D eigenvalue weighted by molar-refractivity contribution is 5.75. The zero-order valence-electron chi connectivity index (χ0n) is 12.2. The molecule has 0 spiro atoms. The van der Waals surface area contributed by atoms with Gasteiger partial charge in [-0.25, -0.2) is 0 Å². The van der Waals surface area contributed by atoms with Crippen LogP contribution in [0, 0.1) is 0 Å². The average molecular weight is 263 g/mol. The largest absolute Gasteiger partial charge is 0.468 e. The molecule has 0 aromatic heterocycles. The van der Waals surface area contributed by atoms with Crippen LogP contribution in [0.25, 0.3) is 0 Å². The van der Waals surface area contributed by atoms with E-state index in [0.717, 1.165) is 25.8 Å². The van der Waals surface area contributed by atoms with Gasteiger partial charge in [-0.15, -0.1) is 0 Å². The van der Waals surface area contributed by atoms with Crippen LogP contribution in [0.15, 0.2) is 30.3 Å². The molecule has 1 rings (SSSR count). The van der Waals surface area contributed by atoms with Gasteiger partial charge in [-0.1, -0.05) is 57.0 Å². The number of carbonyl (C=O) groups is 1. The van der Waals surface area contributed by atoms with Crippen molar-refractivity contribution in [1.82, 2.24) is 5.32 Å². The van der Waals surface area contributed by atoms with Crippen LogP contribution in [0.2, 0.25) is 0 Å². The van der Waals surface area contributed by atoms with Crippen molar-refractivity contribution in [2.45, 2.75) is 45.1 Å². The minimum atomic E-state index is -0.184. The van der Waals surface area contributed by atoms with Gasteiger partial charge in [0.15, 0.2) is 0 Å². The maximum atomic E-state index is 11.7. The SMILES string of the molecule is CCCCC(NCC(C)c1ccccc1)C(=O)OC. The summed E-state index contributed by atoms with van der Waals surface area (Å²) >= 11 is 0. The Balaban J connectivity index is 2.48. The first-order chi connectivity index (χ1) is 9.19. The van der Waals surface area contributed by atoms with Gasteiger partial charge in [-0.3, -0.25) is 4.79 Å². The second-order valence-electron chi connectivity index (χ2n) is 4.94. The molecule has 1 N–H and O–H groups in total. The summed E-state index contributed by atoms with van der Waals surface area (Å²) in [7, 11) is 1.45. The van der Waals surface area contributed by atoms with Gasteiger partial charge >= 0.3 is 5.97 Å². The minimum absolute atomic E-state index is 0.159. The van der Waals surface area contributed by atoms with Crippen LogP contribution >= 0.6 is 0 Å². The monoisotopic (exact) mass is 263 g/mol. The van der Waals surface area contributed by atoms with E-state index in [1.54, 1.807) is 0 Å². The van der Waals surface area contributed by atoms with Gasteiger partial charge < -0.3 is 10.1 Å². The first-order valence-corrected chi connectivity index (χ1v) is 7.05. The Morgan fingerprint density at radius 1 is 1.32 bits per heavy atom. The van der Waals surface area contributed by atoms with Crippen LogP contribution in [-0.2, 0) is 9.53 Å². The van der Waals surface area contributed by atoms with E-state index in [0.29, 0.717) is 5.92 Å². The van der Waals surface area contributed by atoms with Gasteiger partial charge in [-0.2, -0.15) is 0 Å². The lowest BCUT2D eigenvalue weighted by molar-refractivity contribution is -0.143. The first kappa shape index (κ1) is 15.7. The molecule has 0 aliphatic rings. The van der Waals surface area contributed by atoms with E-state index in [9.17, 15) is 4.79 Å². The van der Waals surface area contributed by atoms with Crippen LogP contribution in [0.3, 0.4) is 0 Å². The number of hydrogen-bond acceptors (Lipinski definition) is 3. The summed E-state index contributed by atoms with van der Waals surface area (Å²) in [6.07, 6.45) is 2.96. The third-order valence-corrected chi connectivity index (χ3v) is 3.37. The minimum Gasteiger partial charge on any atom is -0.468 e. The lowest BCUT2D eigenvalue weighted by atomic mass is 10.0. The molecule has 3 heteroatoms. The van der Waals surface area contributed by atoms with Crippen LogP contribution in [0.5, 0.6) is 0 Å². The molecule has 0 radical (unpaired) electrons. The molecular weight excluding hydrogens is 238 g/mol. The third kappa shape index (κ3) is 5.43. The standard InChI is InChI=1S/C16H25NO2/c1-4-5-11-15(16(18)19-3)17-12-13(2)14-9-7-6-8-10-14/h6-10,13,15,17H,4-5,11-12H2,1-3H3. The van der Waals surface area contributed by atoms with Crippen molar-refractivity contribution < 1.29 is 9.53 Å². The summed E-state index contributed by atoms with van der Waals surface area (Å²) in [5.41, 5.74) is 1.29. The number of carbonyl (C=O) groups excluding carboxylic acids is 1. The Labute approximate surface area is 116 Å². The predicted molar refractivity (Wildman–Crippen MR) is 78.2 cm³/mol. The molecule has 0 amide bonds. The molecule has 1 aromatic rings. The summed E-state index contributed by atoms with van der Waals surface area (Å²) in [5, 5.41) is 3.33. The Hall–Kier alpha value is -1.35. The molecule has 0 fully saturated rings. The molecule has 106 valence electrons. The van der Waals surface area contributed by atoms with E-state index >= 15 is 0 Å². The van der Waals surface area contributed by atoms with Crippen LogP contribution in [0.1, 0.15) is 44.6 Å². The molecular formula is C16H25NO2. The van der Waals surface area contributed by atoms with Crippen LogP contribution in [-0.4, -0.2) is 25.7 Å². The number of nitrogens with one attached hydrogen (secondary N) is 1. The summed E-state index contributed by atoms with van der Waals surface area (Å²) in [6.45, 7) is 5.07. The highest BCUT2D eigenvalue weighted by atomic mass is 16.5. The number of esters is 1. The molecule has 0 saturated carbocycles. The zero-order valence-corrected chi connectivity index (χ0v) is 12.2. The molecule has 19 heavy (non-hydrogen) atoms. The number of benzene rings is 1. The maximum absolute atomic E-state index is 11.7. The molecule has 1 aromatic carbocycles. The van der Waals surface area contributed by atoms with E-state index in [4.69, 9.17) is 4.74 Å². The Bertz CT molecular complexity index is 364. The lowest BCUT2D eigenvalue weighted by Gasteiger charge is -2.19. The molecule has 0 saturated heterocycles. The number of unbranched alkanes of at least 4 members (excludes halogenated alkanes) is 1. The van der Waals surface area contributed by atoms with Gasteiger partial charge in [0, 0.05) is 6.54 Å². The molecule has 2 unspecified atom stereocenters. The first-order valence-electron chi connectivity index (χ1n) is 7.05. The normalized spacial score (nSPS) is 13.8. The van der Waals surface area contributed by atoms with Gasteiger partial charge in [0.25, 0.3) is 0 Å². The molecule has 0 heterocycles. The molecule has 0 aliphatic carbocycles. The van der Waals surface area contributed by atoms with Gasteiger partial charge in [0.1, 0.15) is 6.04 Å². The Kier molecular flexibility index (Phi) is 7.19. The van der Waals surface area contributed by atoms with Crippen molar-refractivity contribution >= 4 is 5.97 Å². The van der Waals surface area contributed by atoms with E-state index in [2.05, 4.69) is 31.3 Å². The van der Waals surface area contributed by atoms with Gasteiger partial charge in [0.2, 0.25) is 0 Å². The van der Waals surface area contributed by atoms with E-state index in [1.807, 2.05) is 18.2 Å². The van der Waals surface area contributed by atoms with E-state index < -0.39 is 0 Å². The quantitative estimate of drug-likeness (QED) is 0.732. The Morgan fingerprint density at radius 2 is 2.00 bits per heavy atom. The topological polar surface area (TPSA) is 38.3 Å². The van der Waals surface area contributed by atoms with Crippen molar-refractivity contribution in [3.05, 3.63) is 35.9 Å². The predicted octanol–water partition coefficient (Wildman–Crippen LogP) is 3.11. The molecule has 0 aliphatic heterocycles. The second kappa shape index (κ2) is 8.70. The van der Waals surface area contributed by atoms with Crippen LogP contribution in [0.4, 0.5) is 0 Å². The summed E-state index contributed by atoms with van der Waals surface area (Å²) in [4.78, 5) is 11.7. The molecule has 0 bridgehead atoms. The van der Waals surface area contributed by atoms with Crippen molar-refractivity contribution in [3.63, 3.8) is 0 Å². The maximum Gasteiger partial charge on any atom is 0.322 e. The van der Waals surface area contributed by atoms with Crippen LogP contribution < -0.4 is 5.32 Å². The second-order valence-corrected chi connectivity index (χ2v) is 4.94. The summed E-state index contributed by atoms with van der Waals surface area (Å²) in [5.74, 6) is 0.226. The highest BCUT2D eigenvalue weighted by Gasteiger charge is 2.18. The number of ether oxygens (including phenoxy) is 1. The number of rotatable bonds is 8. The highest BCUT2D eigenvalue weighted by Crippen LogP contribution is 2.14. The lowest BCUT2D eigenvalue weighted by Crippen LogP contribution is -2.39. The third-order valence-electron chi connectivity index (χ3n) is 3.37. The molecule has 2 atom stereocenters. The van der Waals surface area contributed by atoms with E-state index in [-0.39, 0.29) is 12.0 Å². The average Bonchev–Trinajstić information content (AvgIpc) is 2.47. The summed E-state index contributed by atoms with van der Waals surface area (Å²) < 4.78 is 4.85. The van der Waals surface area contributed by atoms with E-state index in [1.165, 1.54) is 12.7 Å². The fourth-order valence-electron chi connectivity index (χ4n) is 2.07. The summed E-state index contributed by atoms with van der Waals surface area (Å²) in [6, 6.07) is 10.1. The number of hydrogen-bond donors (Lipinski definition) is 1. The van der Waals surface area contributed by atoms with Gasteiger partial charge in [0.05, 0.1) is 7.11 Å². The fourth-order valence-corrected chi connectivity index (χ4v) is 2.07. The number of methoxy groups -OCH3 is 1. The Morgan fingerprint density at radius 3 is 2.58 bits per heavy atom. The van der Waals surface area contributed by atoms with Crippen molar-refractivity contribution in [2.24, 2.45) is 0 Å². The molecule has 3 nitrogen and oxygen atoms in total. The van der Waals surface area contributed by atoms with Crippen molar-refractivity contribution in [1.29, 1.82) is 0 Å². The fraction of sp³-hybridized carbons (Fsp3) is 0.562. The van der Waals surface area contributed by atoms with Gasteiger partial charge in [-0.05, 0) is 17.9 Å².